The third kappa shape index (κ3) is 4.75. The number of allylic oxidation sites excluding steroid dienone is 5. The molecule has 2 unspecified atom stereocenters. The third-order valence-electron chi connectivity index (χ3n) is 7.72. The molecular formula is C29H38Cl2SiZr. The van der Waals surface area contributed by atoms with Gasteiger partial charge in [-0.1, -0.05) is 0 Å². The summed E-state index contributed by atoms with van der Waals surface area (Å²) < 4.78 is 2.60. The number of halogens is 2. The first-order valence-electron chi connectivity index (χ1n) is 11.6. The molecule has 0 aliphatic heterocycles. The van der Waals surface area contributed by atoms with Crippen molar-refractivity contribution in [3.8, 4) is 0 Å². The Bertz CT molecular complexity index is 1210. The maximum absolute atomic E-state index is 2.62. The number of hydrogen-bond donors (Lipinski definition) is 0. The Morgan fingerprint density at radius 3 is 1.91 bits per heavy atom. The molecule has 0 amide bonds. The molecule has 0 nitrogen and oxygen atoms in total. The molecule has 0 saturated heterocycles. The van der Waals surface area contributed by atoms with Crippen LogP contribution in [0.2, 0.25) is 13.1 Å². The van der Waals surface area contributed by atoms with Crippen LogP contribution in [0.5, 0.6) is 0 Å². The van der Waals surface area contributed by atoms with Crippen LogP contribution in [0.4, 0.5) is 0 Å². The maximum atomic E-state index is 2.62. The monoisotopic (exact) mass is 574 g/mol. The minimum absolute atomic E-state index is 0. The minimum atomic E-state index is -1.99. The van der Waals surface area contributed by atoms with Crippen molar-refractivity contribution in [3.05, 3.63) is 95.9 Å². The molecule has 176 valence electrons. The summed E-state index contributed by atoms with van der Waals surface area (Å²) in [5.74, 6) is 0.650. The van der Waals surface area contributed by atoms with Gasteiger partial charge in [0.15, 0.2) is 0 Å². The quantitative estimate of drug-likeness (QED) is 0.320. The van der Waals surface area contributed by atoms with Crippen molar-refractivity contribution in [1.82, 2.24) is 0 Å². The first-order chi connectivity index (χ1) is 14.6. The standard InChI is InChI=1S/C18H17.C9H13.C2H6Si.2ClH.Zr/c1-12-9-13(2)18-16(10-12)11-14(3)17(18)15-7-5-4-6-8-15;1-6-5-7(2)9(4)8(6)3;1-3-2;;;/h4-11H,1-3H3;6H,1-4H3;1-2H3;2*1H;. The van der Waals surface area contributed by atoms with Crippen LogP contribution >= 0.6 is 24.8 Å². The van der Waals surface area contributed by atoms with Crippen LogP contribution in [0, 0.1) is 19.8 Å². The minimum Gasteiger partial charge on any atom is -0.147 e. The van der Waals surface area contributed by atoms with Crippen molar-refractivity contribution < 1.29 is 20.4 Å². The van der Waals surface area contributed by atoms with Gasteiger partial charge < -0.3 is 0 Å². The third-order valence-corrected chi connectivity index (χ3v) is 26.7. The molecule has 0 aromatic heterocycles. The Morgan fingerprint density at radius 2 is 1.39 bits per heavy atom. The zero-order valence-corrected chi connectivity index (χ0v) is 26.6. The van der Waals surface area contributed by atoms with Gasteiger partial charge in [-0.15, -0.1) is 24.8 Å². The number of fused-ring (bicyclic) bond motifs is 1. The number of hydrogen-bond acceptors (Lipinski definition) is 0. The number of aryl methyl sites for hydroxylation is 2. The molecule has 0 radical (unpaired) electrons. The van der Waals surface area contributed by atoms with Crippen molar-refractivity contribution in [2.45, 2.75) is 65.2 Å². The summed E-state index contributed by atoms with van der Waals surface area (Å²) in [6.07, 6.45) is 0. The van der Waals surface area contributed by atoms with Crippen LogP contribution < -0.4 is 0 Å². The second-order valence-corrected chi connectivity index (χ2v) is 27.2. The van der Waals surface area contributed by atoms with Gasteiger partial charge in [0, 0.05) is 0 Å². The molecule has 0 bridgehead atoms. The predicted molar refractivity (Wildman–Crippen MR) is 149 cm³/mol. The van der Waals surface area contributed by atoms with Gasteiger partial charge in [-0.25, -0.2) is 0 Å². The van der Waals surface area contributed by atoms with E-state index in [4.69, 9.17) is 0 Å². The van der Waals surface area contributed by atoms with Crippen molar-refractivity contribution in [2.24, 2.45) is 5.92 Å². The molecule has 0 heterocycles. The van der Waals surface area contributed by atoms with Crippen LogP contribution in [0.1, 0.15) is 66.1 Å². The zero-order chi connectivity index (χ0) is 22.6. The van der Waals surface area contributed by atoms with E-state index in [1.54, 1.807) is 33.4 Å². The van der Waals surface area contributed by atoms with Gasteiger partial charge in [-0.3, -0.25) is 0 Å². The summed E-state index contributed by atoms with van der Waals surface area (Å²) in [4.78, 5) is 0. The summed E-state index contributed by atoms with van der Waals surface area (Å²) in [5, 5.41) is 0. The molecule has 2 aromatic rings. The van der Waals surface area contributed by atoms with Gasteiger partial charge in [0.2, 0.25) is 0 Å². The molecule has 4 heteroatoms. The molecule has 0 spiro atoms. The van der Waals surface area contributed by atoms with Gasteiger partial charge in [-0.2, -0.15) is 0 Å². The Balaban J connectivity index is 0.00000193. The smallest absolute Gasteiger partial charge is 0.147 e. The Kier molecular flexibility index (Phi) is 9.48. The zero-order valence-electron chi connectivity index (χ0n) is 21.5. The van der Waals surface area contributed by atoms with E-state index in [9.17, 15) is 0 Å². The first-order valence-corrected chi connectivity index (χ1v) is 20.4. The van der Waals surface area contributed by atoms with Crippen molar-refractivity contribution >= 4 is 35.8 Å². The Hall–Kier alpha value is -0.660. The first kappa shape index (κ1) is 28.6. The van der Waals surface area contributed by atoms with E-state index < -0.39 is 20.4 Å². The molecule has 2 atom stereocenters. The molecule has 2 aromatic carbocycles. The van der Waals surface area contributed by atoms with Gasteiger partial charge in [-0.05, 0) is 0 Å². The predicted octanol–water partition coefficient (Wildman–Crippen LogP) is 9.15. The van der Waals surface area contributed by atoms with E-state index in [-0.39, 0.29) is 30.2 Å². The fraction of sp³-hybridized carbons (Fsp3) is 0.379. The Morgan fingerprint density at radius 1 is 0.788 bits per heavy atom. The average Bonchev–Trinajstić information content (AvgIpc) is 3.11. The van der Waals surface area contributed by atoms with Crippen LogP contribution in [0.15, 0.2) is 68.0 Å². The summed E-state index contributed by atoms with van der Waals surface area (Å²) in [6, 6.07) is 16.1. The molecule has 0 saturated carbocycles. The summed E-state index contributed by atoms with van der Waals surface area (Å²) in [6.45, 7) is 22.0. The largest absolute Gasteiger partial charge is 0.147 e. The average molecular weight is 577 g/mol. The number of rotatable bonds is 3. The fourth-order valence-electron chi connectivity index (χ4n) is 6.01. The fourth-order valence-corrected chi connectivity index (χ4v) is 26.6. The van der Waals surface area contributed by atoms with Crippen LogP contribution in [0.3, 0.4) is 0 Å². The second kappa shape index (κ2) is 10.9. The molecule has 4 rings (SSSR count). The summed E-state index contributed by atoms with van der Waals surface area (Å²) in [5.41, 5.74) is 15.1. The van der Waals surface area contributed by atoms with Crippen molar-refractivity contribution in [1.29, 1.82) is 0 Å². The van der Waals surface area contributed by atoms with Gasteiger partial charge >= 0.3 is 198 Å². The molecule has 0 N–H and O–H groups in total. The van der Waals surface area contributed by atoms with Crippen LogP contribution in [-0.2, 0) is 20.4 Å². The van der Waals surface area contributed by atoms with Crippen LogP contribution in [-0.4, -0.2) is 5.43 Å². The number of benzene rings is 2. The maximum Gasteiger partial charge on any atom is -0.147 e. The van der Waals surface area contributed by atoms with E-state index in [1.807, 2.05) is 3.28 Å². The van der Waals surface area contributed by atoms with Gasteiger partial charge in [0.25, 0.3) is 0 Å². The van der Waals surface area contributed by atoms with Crippen LogP contribution in [0.25, 0.3) is 5.57 Å². The molecular weight excluding hydrogens is 539 g/mol. The molecule has 33 heavy (non-hydrogen) atoms. The van der Waals surface area contributed by atoms with E-state index in [0.29, 0.717) is 9.54 Å². The van der Waals surface area contributed by atoms with Crippen molar-refractivity contribution in [2.75, 3.05) is 0 Å². The molecule has 2 aliphatic carbocycles. The van der Waals surface area contributed by atoms with E-state index in [1.165, 1.54) is 22.3 Å². The summed E-state index contributed by atoms with van der Waals surface area (Å²) >= 11 is -1.99. The van der Waals surface area contributed by atoms with E-state index >= 15 is 0 Å². The van der Waals surface area contributed by atoms with Crippen molar-refractivity contribution in [3.63, 3.8) is 0 Å². The van der Waals surface area contributed by atoms with Gasteiger partial charge in [0.1, 0.15) is 0 Å². The normalized spacial score (nSPS) is 19.4. The topological polar surface area (TPSA) is 0 Å². The molecule has 0 fully saturated rings. The second-order valence-electron chi connectivity index (χ2n) is 9.89. The van der Waals surface area contributed by atoms with Gasteiger partial charge in [0.05, 0.1) is 0 Å². The van der Waals surface area contributed by atoms with E-state index in [2.05, 4.69) is 104 Å². The summed E-state index contributed by atoms with van der Waals surface area (Å²) in [7, 11) is 0. The SMILES string of the molecule is CC1=C(C)C(C)[C]([Zr]([CH]2C(C)=C(c3ccccc3)c3c(C)cc(C)cc32)=[Si](C)C)=C1C.Cl.Cl. The van der Waals surface area contributed by atoms with E-state index in [0.717, 1.165) is 0 Å². The molecule has 2 aliphatic rings. The Labute approximate surface area is 221 Å².